The van der Waals surface area contributed by atoms with Crippen LogP contribution in [0.2, 0.25) is 0 Å². The lowest BCUT2D eigenvalue weighted by molar-refractivity contribution is 0.544. The molecule has 1 aliphatic heterocycles. The molecule has 0 spiro atoms. The van der Waals surface area contributed by atoms with Gasteiger partial charge in [0.1, 0.15) is 5.76 Å². The smallest absolute Gasteiger partial charge is 0.194 e. The SMILES string of the molecule is Cc1oc(N)c2c1SCC2. The molecule has 1 aromatic rings. The average molecular weight is 155 g/mol. The van der Waals surface area contributed by atoms with Crippen LogP contribution in [-0.2, 0) is 6.42 Å². The van der Waals surface area contributed by atoms with E-state index in [0.29, 0.717) is 5.88 Å². The number of nitrogens with two attached hydrogens (primary N) is 1. The molecule has 3 heteroatoms. The summed E-state index contributed by atoms with van der Waals surface area (Å²) in [5.41, 5.74) is 6.84. The molecule has 0 saturated heterocycles. The van der Waals surface area contributed by atoms with Crippen LogP contribution < -0.4 is 5.73 Å². The van der Waals surface area contributed by atoms with E-state index in [4.69, 9.17) is 10.2 Å². The summed E-state index contributed by atoms with van der Waals surface area (Å²) in [5.74, 6) is 2.76. The van der Waals surface area contributed by atoms with Crippen LogP contribution in [0.4, 0.5) is 5.88 Å². The molecule has 0 aliphatic carbocycles. The van der Waals surface area contributed by atoms with E-state index in [-0.39, 0.29) is 0 Å². The summed E-state index contributed by atoms with van der Waals surface area (Å²) in [6, 6.07) is 0. The Balaban J connectivity index is 2.61. The number of aryl methyl sites for hydroxylation is 1. The first-order valence-electron chi connectivity index (χ1n) is 3.29. The molecule has 0 bridgehead atoms. The van der Waals surface area contributed by atoms with Crippen molar-refractivity contribution in [3.05, 3.63) is 11.3 Å². The van der Waals surface area contributed by atoms with E-state index in [1.54, 1.807) is 0 Å². The number of hydrogen-bond donors (Lipinski definition) is 1. The van der Waals surface area contributed by atoms with Gasteiger partial charge in [0.2, 0.25) is 0 Å². The molecular weight excluding hydrogens is 146 g/mol. The maximum absolute atomic E-state index is 5.61. The number of rotatable bonds is 0. The maximum Gasteiger partial charge on any atom is 0.194 e. The maximum atomic E-state index is 5.61. The molecule has 2 nitrogen and oxygen atoms in total. The summed E-state index contributed by atoms with van der Waals surface area (Å²) in [6.07, 6.45) is 1.07. The van der Waals surface area contributed by atoms with Crippen molar-refractivity contribution in [2.45, 2.75) is 18.2 Å². The van der Waals surface area contributed by atoms with Gasteiger partial charge in [0.25, 0.3) is 0 Å². The Hall–Kier alpha value is -0.570. The van der Waals surface area contributed by atoms with E-state index in [1.807, 2.05) is 18.7 Å². The second-order valence-electron chi connectivity index (χ2n) is 2.43. The van der Waals surface area contributed by atoms with Crippen molar-refractivity contribution < 1.29 is 4.42 Å². The predicted molar refractivity (Wildman–Crippen MR) is 42.3 cm³/mol. The van der Waals surface area contributed by atoms with Crippen molar-refractivity contribution in [2.24, 2.45) is 0 Å². The van der Waals surface area contributed by atoms with Crippen LogP contribution in [0, 0.1) is 6.92 Å². The molecular formula is C7H9NOS. The zero-order valence-corrected chi connectivity index (χ0v) is 6.62. The number of nitrogen functional groups attached to an aromatic ring is 1. The fraction of sp³-hybridized carbons (Fsp3) is 0.429. The second-order valence-corrected chi connectivity index (χ2v) is 3.53. The first-order valence-corrected chi connectivity index (χ1v) is 4.28. The van der Waals surface area contributed by atoms with E-state index < -0.39 is 0 Å². The molecule has 2 rings (SSSR count). The van der Waals surface area contributed by atoms with Crippen molar-refractivity contribution >= 4 is 17.6 Å². The lowest BCUT2D eigenvalue weighted by atomic mass is 10.2. The van der Waals surface area contributed by atoms with E-state index >= 15 is 0 Å². The van der Waals surface area contributed by atoms with Gasteiger partial charge >= 0.3 is 0 Å². The van der Waals surface area contributed by atoms with E-state index in [9.17, 15) is 0 Å². The molecule has 1 aromatic heterocycles. The monoisotopic (exact) mass is 155 g/mol. The van der Waals surface area contributed by atoms with Gasteiger partial charge in [-0.1, -0.05) is 0 Å². The fourth-order valence-corrected chi connectivity index (χ4v) is 2.41. The lowest BCUT2D eigenvalue weighted by Crippen LogP contribution is -1.86. The standard InChI is InChI=1S/C7H9NOS/c1-4-6-5(2-3-10-6)7(8)9-4/h2-3,8H2,1H3. The van der Waals surface area contributed by atoms with E-state index in [2.05, 4.69) is 0 Å². The minimum Gasteiger partial charge on any atom is -0.445 e. The summed E-state index contributed by atoms with van der Waals surface area (Å²) in [4.78, 5) is 1.28. The van der Waals surface area contributed by atoms with Gasteiger partial charge in [-0.05, 0) is 13.3 Å². The van der Waals surface area contributed by atoms with Gasteiger partial charge in [0.05, 0.1) is 4.90 Å². The fourth-order valence-electron chi connectivity index (χ4n) is 1.28. The van der Waals surface area contributed by atoms with Crippen molar-refractivity contribution in [1.82, 2.24) is 0 Å². The van der Waals surface area contributed by atoms with Crippen LogP contribution in [0.3, 0.4) is 0 Å². The number of fused-ring (bicyclic) bond motifs is 1. The Kier molecular flexibility index (Phi) is 1.20. The molecule has 0 fully saturated rings. The van der Waals surface area contributed by atoms with E-state index in [1.165, 1.54) is 10.5 Å². The molecule has 10 heavy (non-hydrogen) atoms. The topological polar surface area (TPSA) is 39.2 Å². The van der Waals surface area contributed by atoms with Crippen LogP contribution in [-0.4, -0.2) is 5.75 Å². The molecule has 1 aliphatic rings. The van der Waals surface area contributed by atoms with Crippen molar-refractivity contribution in [1.29, 1.82) is 0 Å². The Morgan fingerprint density at radius 2 is 2.40 bits per heavy atom. The average Bonchev–Trinajstić information content (AvgIpc) is 2.39. The molecule has 0 atom stereocenters. The third kappa shape index (κ3) is 0.669. The summed E-state index contributed by atoms with van der Waals surface area (Å²) >= 11 is 1.84. The Bertz CT molecular complexity index is 242. The van der Waals surface area contributed by atoms with Gasteiger partial charge in [0, 0.05) is 11.3 Å². The summed E-state index contributed by atoms with van der Waals surface area (Å²) in [6.45, 7) is 1.97. The minimum absolute atomic E-state index is 0.623. The first kappa shape index (κ1) is 6.16. The van der Waals surface area contributed by atoms with Gasteiger partial charge in [0.15, 0.2) is 5.88 Å². The molecule has 0 radical (unpaired) electrons. The van der Waals surface area contributed by atoms with Crippen LogP contribution in [0.5, 0.6) is 0 Å². The van der Waals surface area contributed by atoms with Crippen molar-refractivity contribution in [3.63, 3.8) is 0 Å². The number of thioether (sulfide) groups is 1. The molecule has 0 saturated carbocycles. The van der Waals surface area contributed by atoms with Crippen molar-refractivity contribution in [3.8, 4) is 0 Å². The highest BCUT2D eigenvalue weighted by atomic mass is 32.2. The summed E-state index contributed by atoms with van der Waals surface area (Å²) < 4.78 is 5.24. The highest BCUT2D eigenvalue weighted by Gasteiger charge is 2.20. The van der Waals surface area contributed by atoms with Gasteiger partial charge in [-0.25, -0.2) is 0 Å². The second kappa shape index (κ2) is 1.95. The van der Waals surface area contributed by atoms with Crippen molar-refractivity contribution in [2.75, 3.05) is 11.5 Å². The third-order valence-electron chi connectivity index (χ3n) is 1.75. The van der Waals surface area contributed by atoms with Gasteiger partial charge in [-0.3, -0.25) is 0 Å². The van der Waals surface area contributed by atoms with Crippen LogP contribution >= 0.6 is 11.8 Å². The summed E-state index contributed by atoms with van der Waals surface area (Å²) in [5, 5.41) is 0. The lowest BCUT2D eigenvalue weighted by Gasteiger charge is -1.87. The van der Waals surface area contributed by atoms with Gasteiger partial charge < -0.3 is 10.2 Å². The largest absolute Gasteiger partial charge is 0.445 e. The molecule has 0 amide bonds. The Morgan fingerprint density at radius 1 is 1.60 bits per heavy atom. The zero-order valence-electron chi connectivity index (χ0n) is 5.81. The molecule has 2 heterocycles. The van der Waals surface area contributed by atoms with Crippen LogP contribution in [0.15, 0.2) is 9.31 Å². The number of anilines is 1. The molecule has 0 unspecified atom stereocenters. The zero-order chi connectivity index (χ0) is 7.14. The van der Waals surface area contributed by atoms with Crippen LogP contribution in [0.1, 0.15) is 11.3 Å². The van der Waals surface area contributed by atoms with Crippen LogP contribution in [0.25, 0.3) is 0 Å². The predicted octanol–water partition coefficient (Wildman–Crippen LogP) is 1.82. The normalized spacial score (nSPS) is 15.7. The number of hydrogen-bond acceptors (Lipinski definition) is 3. The quantitative estimate of drug-likeness (QED) is 0.621. The highest BCUT2D eigenvalue weighted by Crippen LogP contribution is 2.39. The Labute approximate surface area is 63.8 Å². The van der Waals surface area contributed by atoms with Gasteiger partial charge in [-0.2, -0.15) is 0 Å². The van der Waals surface area contributed by atoms with E-state index in [0.717, 1.165) is 17.9 Å². The number of furan rings is 1. The molecule has 2 N–H and O–H groups in total. The molecule has 54 valence electrons. The van der Waals surface area contributed by atoms with Gasteiger partial charge in [-0.15, -0.1) is 11.8 Å². The highest BCUT2D eigenvalue weighted by molar-refractivity contribution is 7.99. The first-order chi connectivity index (χ1) is 4.79. The molecule has 0 aromatic carbocycles. The summed E-state index contributed by atoms with van der Waals surface area (Å²) in [7, 11) is 0. The third-order valence-corrected chi connectivity index (χ3v) is 2.98. The Morgan fingerprint density at radius 3 is 3.10 bits per heavy atom. The minimum atomic E-state index is 0.623.